The Morgan fingerprint density at radius 3 is 2.30 bits per heavy atom. The van der Waals surface area contributed by atoms with E-state index < -0.39 is 0 Å². The Morgan fingerprint density at radius 1 is 0.867 bits per heavy atom. The first-order valence-corrected chi connectivity index (χ1v) is 10.5. The number of nitrogens with one attached hydrogen (secondary N) is 1. The number of rotatable bonds is 5. The Balaban J connectivity index is 1.31. The highest BCUT2D eigenvalue weighted by molar-refractivity contribution is 6.02. The molecule has 0 bridgehead atoms. The van der Waals surface area contributed by atoms with Gasteiger partial charge in [-0.2, -0.15) is 0 Å². The van der Waals surface area contributed by atoms with Crippen LogP contribution < -0.4 is 5.32 Å². The van der Waals surface area contributed by atoms with Gasteiger partial charge in [0.05, 0.1) is 6.54 Å². The van der Waals surface area contributed by atoms with Crippen LogP contribution in [0, 0.1) is 0 Å². The highest BCUT2D eigenvalue weighted by Gasteiger charge is 2.23. The van der Waals surface area contributed by atoms with E-state index >= 15 is 0 Å². The monoisotopic (exact) mass is 401 g/mol. The van der Waals surface area contributed by atoms with Gasteiger partial charge in [0.25, 0.3) is 5.91 Å². The summed E-state index contributed by atoms with van der Waals surface area (Å²) in [6.45, 7) is 5.10. The van der Waals surface area contributed by atoms with E-state index in [9.17, 15) is 9.59 Å². The molecule has 0 saturated carbocycles. The average molecular weight is 402 g/mol. The number of benzene rings is 3. The van der Waals surface area contributed by atoms with Crippen LogP contribution in [-0.4, -0.2) is 54.3 Å². The van der Waals surface area contributed by atoms with Gasteiger partial charge in [-0.05, 0) is 35.6 Å². The fourth-order valence-electron chi connectivity index (χ4n) is 3.90. The van der Waals surface area contributed by atoms with Gasteiger partial charge >= 0.3 is 0 Å². The summed E-state index contributed by atoms with van der Waals surface area (Å²) in [7, 11) is 0. The molecule has 154 valence electrons. The SMILES string of the molecule is CCc1ccc(C(=O)N2CCN(CC(=O)Nc3cccc4ccccc34)CC2)cc1. The van der Waals surface area contributed by atoms with Gasteiger partial charge in [-0.15, -0.1) is 0 Å². The van der Waals surface area contributed by atoms with Crippen molar-refractivity contribution in [3.63, 3.8) is 0 Å². The number of nitrogens with zero attached hydrogens (tertiary/aromatic N) is 2. The number of carbonyl (C=O) groups is 2. The molecule has 0 unspecified atom stereocenters. The third-order valence-electron chi connectivity index (χ3n) is 5.70. The first-order valence-electron chi connectivity index (χ1n) is 10.5. The van der Waals surface area contributed by atoms with E-state index in [2.05, 4.69) is 17.1 Å². The summed E-state index contributed by atoms with van der Waals surface area (Å²) in [4.78, 5) is 29.3. The zero-order valence-electron chi connectivity index (χ0n) is 17.3. The van der Waals surface area contributed by atoms with Crippen LogP contribution in [0.5, 0.6) is 0 Å². The van der Waals surface area contributed by atoms with E-state index in [1.165, 1.54) is 5.56 Å². The lowest BCUT2D eigenvalue weighted by atomic mass is 10.1. The Hall–Kier alpha value is -3.18. The molecule has 5 heteroatoms. The molecule has 1 heterocycles. The minimum absolute atomic E-state index is 0.0266. The summed E-state index contributed by atoms with van der Waals surface area (Å²) in [6.07, 6.45) is 0.966. The van der Waals surface area contributed by atoms with Gasteiger partial charge in [-0.25, -0.2) is 0 Å². The van der Waals surface area contributed by atoms with Gasteiger partial charge in [0.2, 0.25) is 5.91 Å². The predicted molar refractivity (Wildman–Crippen MR) is 121 cm³/mol. The van der Waals surface area contributed by atoms with Crippen LogP contribution in [0.15, 0.2) is 66.7 Å². The number of hydrogen-bond acceptors (Lipinski definition) is 3. The molecule has 5 nitrogen and oxygen atoms in total. The van der Waals surface area contributed by atoms with Gasteiger partial charge in [0, 0.05) is 42.8 Å². The minimum atomic E-state index is -0.0266. The average Bonchev–Trinajstić information content (AvgIpc) is 2.79. The molecule has 0 aliphatic carbocycles. The molecule has 0 aromatic heterocycles. The number of fused-ring (bicyclic) bond motifs is 1. The summed E-state index contributed by atoms with van der Waals surface area (Å²) in [5.74, 6) is 0.0405. The number of aryl methyl sites for hydroxylation is 1. The lowest BCUT2D eigenvalue weighted by molar-refractivity contribution is -0.117. The van der Waals surface area contributed by atoms with Gasteiger partial charge in [0.1, 0.15) is 0 Å². The van der Waals surface area contributed by atoms with Crippen LogP contribution in [0.3, 0.4) is 0 Å². The molecule has 0 radical (unpaired) electrons. The van der Waals surface area contributed by atoms with Crippen LogP contribution in [0.4, 0.5) is 5.69 Å². The van der Waals surface area contributed by atoms with Crippen LogP contribution in [0.25, 0.3) is 10.8 Å². The minimum Gasteiger partial charge on any atom is -0.336 e. The van der Waals surface area contributed by atoms with Crippen LogP contribution in [-0.2, 0) is 11.2 Å². The largest absolute Gasteiger partial charge is 0.336 e. The van der Waals surface area contributed by atoms with Gasteiger partial charge in [-0.1, -0.05) is 55.5 Å². The lowest BCUT2D eigenvalue weighted by Crippen LogP contribution is -2.50. The Labute approximate surface area is 177 Å². The van der Waals surface area contributed by atoms with Gasteiger partial charge < -0.3 is 10.2 Å². The summed E-state index contributed by atoms with van der Waals surface area (Å²) < 4.78 is 0. The quantitative estimate of drug-likeness (QED) is 0.708. The molecule has 1 aliphatic rings. The number of anilines is 1. The van der Waals surface area contributed by atoms with Crippen molar-refractivity contribution < 1.29 is 9.59 Å². The predicted octanol–water partition coefficient (Wildman–Crippen LogP) is 3.80. The van der Waals surface area contributed by atoms with E-state index in [1.54, 1.807) is 0 Å². The molecule has 1 aliphatic heterocycles. The van der Waals surface area contributed by atoms with E-state index in [0.717, 1.165) is 28.4 Å². The van der Waals surface area contributed by atoms with Crippen molar-refractivity contribution in [2.24, 2.45) is 0 Å². The molecule has 2 amide bonds. The molecule has 1 fully saturated rings. The van der Waals surface area contributed by atoms with Crippen molar-refractivity contribution in [1.82, 2.24) is 9.80 Å². The molecular formula is C25H27N3O2. The fraction of sp³-hybridized carbons (Fsp3) is 0.280. The summed E-state index contributed by atoms with van der Waals surface area (Å²) in [5.41, 5.74) is 2.80. The standard InChI is InChI=1S/C25H27N3O2/c1-2-19-10-12-21(13-11-19)25(30)28-16-14-27(15-17-28)18-24(29)26-23-9-5-7-20-6-3-4-8-22(20)23/h3-13H,2,14-18H2,1H3,(H,26,29). The molecule has 0 atom stereocenters. The maximum Gasteiger partial charge on any atom is 0.253 e. The maximum absolute atomic E-state index is 12.7. The highest BCUT2D eigenvalue weighted by atomic mass is 16.2. The number of piperazine rings is 1. The molecule has 4 rings (SSSR count). The highest BCUT2D eigenvalue weighted by Crippen LogP contribution is 2.23. The molecule has 0 spiro atoms. The van der Waals surface area contributed by atoms with Crippen molar-refractivity contribution in [3.8, 4) is 0 Å². The number of carbonyl (C=O) groups excluding carboxylic acids is 2. The second kappa shape index (κ2) is 9.09. The third-order valence-corrected chi connectivity index (χ3v) is 5.70. The summed E-state index contributed by atoms with van der Waals surface area (Å²) in [6, 6.07) is 21.8. The second-order valence-corrected chi connectivity index (χ2v) is 7.69. The summed E-state index contributed by atoms with van der Waals surface area (Å²) in [5, 5.41) is 5.19. The van der Waals surface area contributed by atoms with E-state index in [4.69, 9.17) is 0 Å². The van der Waals surface area contributed by atoms with E-state index in [0.29, 0.717) is 32.7 Å². The first kappa shape index (κ1) is 20.1. The number of amides is 2. The van der Waals surface area contributed by atoms with Crippen LogP contribution in [0.1, 0.15) is 22.8 Å². The maximum atomic E-state index is 12.7. The zero-order valence-corrected chi connectivity index (χ0v) is 17.3. The normalized spacial score (nSPS) is 14.6. The van der Waals surface area contributed by atoms with Crippen molar-refractivity contribution in [1.29, 1.82) is 0 Å². The van der Waals surface area contributed by atoms with E-state index in [-0.39, 0.29) is 11.8 Å². The van der Waals surface area contributed by atoms with Crippen LogP contribution in [0.2, 0.25) is 0 Å². The third kappa shape index (κ3) is 4.52. The molecular weight excluding hydrogens is 374 g/mol. The molecule has 30 heavy (non-hydrogen) atoms. The van der Waals surface area contributed by atoms with Gasteiger partial charge in [-0.3, -0.25) is 14.5 Å². The Morgan fingerprint density at radius 2 is 1.57 bits per heavy atom. The Kier molecular flexibility index (Phi) is 6.10. The zero-order chi connectivity index (χ0) is 20.9. The van der Waals surface area contributed by atoms with Crippen molar-refractivity contribution >= 4 is 28.3 Å². The number of hydrogen-bond donors (Lipinski definition) is 1. The fourth-order valence-corrected chi connectivity index (χ4v) is 3.90. The molecule has 3 aromatic rings. The lowest BCUT2D eigenvalue weighted by Gasteiger charge is -2.34. The van der Waals surface area contributed by atoms with Gasteiger partial charge in [0.15, 0.2) is 0 Å². The van der Waals surface area contributed by atoms with Crippen molar-refractivity contribution in [3.05, 3.63) is 77.9 Å². The van der Waals surface area contributed by atoms with Crippen LogP contribution >= 0.6 is 0 Å². The first-order chi connectivity index (χ1) is 14.6. The van der Waals surface area contributed by atoms with Crippen molar-refractivity contribution in [2.75, 3.05) is 38.0 Å². The summed E-state index contributed by atoms with van der Waals surface area (Å²) >= 11 is 0. The molecule has 3 aromatic carbocycles. The topological polar surface area (TPSA) is 52.7 Å². The second-order valence-electron chi connectivity index (χ2n) is 7.69. The van der Waals surface area contributed by atoms with E-state index in [1.807, 2.05) is 71.6 Å². The Bertz CT molecular complexity index is 1030. The molecule has 1 N–H and O–H groups in total. The molecule has 1 saturated heterocycles. The smallest absolute Gasteiger partial charge is 0.253 e. The van der Waals surface area contributed by atoms with Crippen molar-refractivity contribution in [2.45, 2.75) is 13.3 Å².